The maximum atomic E-state index is 13.2. The average Bonchev–Trinajstić information content (AvgIpc) is 2.80. The quantitative estimate of drug-likeness (QED) is 0.383. The lowest BCUT2D eigenvalue weighted by atomic mass is 9.85. The summed E-state index contributed by atoms with van der Waals surface area (Å²) in [5.74, 6) is 0.410. The average molecular weight is 455 g/mol. The van der Waals surface area contributed by atoms with Crippen molar-refractivity contribution >= 4 is 23.1 Å². The Labute approximate surface area is 200 Å². The molecule has 174 valence electrons. The van der Waals surface area contributed by atoms with Gasteiger partial charge in [-0.3, -0.25) is 9.59 Å². The number of aryl methyl sites for hydroxylation is 1. The van der Waals surface area contributed by atoms with Crippen molar-refractivity contribution < 1.29 is 14.3 Å². The van der Waals surface area contributed by atoms with Gasteiger partial charge in [0.25, 0.3) is 5.91 Å². The minimum absolute atomic E-state index is 0.142. The number of amides is 1. The van der Waals surface area contributed by atoms with Gasteiger partial charge < -0.3 is 15.4 Å². The zero-order valence-corrected chi connectivity index (χ0v) is 20.3. The highest BCUT2D eigenvalue weighted by molar-refractivity contribution is 6.10. The molecule has 0 fully saturated rings. The molecule has 0 radical (unpaired) electrons. The number of rotatable bonds is 5. The Morgan fingerprint density at radius 2 is 1.79 bits per heavy atom. The molecule has 0 spiro atoms. The molecule has 5 heteroatoms. The normalized spacial score (nSPS) is 15.3. The van der Waals surface area contributed by atoms with E-state index in [4.69, 9.17) is 4.74 Å². The first kappa shape index (κ1) is 23.3. The van der Waals surface area contributed by atoms with E-state index in [9.17, 15) is 9.59 Å². The zero-order valence-electron chi connectivity index (χ0n) is 20.3. The van der Waals surface area contributed by atoms with Gasteiger partial charge >= 0.3 is 0 Å². The number of fused-ring (bicyclic) bond motifs is 1. The molecular weight excluding hydrogens is 424 g/mol. The number of methoxy groups -OCH3 is 1. The molecule has 3 aromatic rings. The van der Waals surface area contributed by atoms with Crippen LogP contribution in [0.15, 0.2) is 66.7 Å². The zero-order chi connectivity index (χ0) is 24.5. The van der Waals surface area contributed by atoms with Gasteiger partial charge in [0.05, 0.1) is 7.11 Å². The molecule has 0 saturated heterocycles. The van der Waals surface area contributed by atoms with Crippen LogP contribution in [0.25, 0.3) is 5.70 Å². The second-order valence-electron chi connectivity index (χ2n) is 9.41. The van der Waals surface area contributed by atoms with Gasteiger partial charge in [-0.1, -0.05) is 30.3 Å². The number of carbonyl (C=O) groups is 2. The molecule has 34 heavy (non-hydrogen) atoms. The minimum atomic E-state index is -0.194. The molecular formula is C29H30N2O3. The predicted molar refractivity (Wildman–Crippen MR) is 137 cm³/mol. The summed E-state index contributed by atoms with van der Waals surface area (Å²) >= 11 is 0. The molecule has 1 heterocycles. The van der Waals surface area contributed by atoms with Crippen molar-refractivity contribution in [2.24, 2.45) is 0 Å². The molecule has 0 atom stereocenters. The van der Waals surface area contributed by atoms with Crippen LogP contribution in [0.5, 0.6) is 5.75 Å². The van der Waals surface area contributed by atoms with Gasteiger partial charge in [0.2, 0.25) is 0 Å². The van der Waals surface area contributed by atoms with Crippen molar-refractivity contribution in [3.8, 4) is 5.75 Å². The number of allylic oxidation sites excluding steroid dienone is 1. The number of ketones is 1. The number of ether oxygens (including phenoxy) is 1. The van der Waals surface area contributed by atoms with Gasteiger partial charge in [0.15, 0.2) is 5.78 Å². The summed E-state index contributed by atoms with van der Waals surface area (Å²) in [5.41, 5.74) is 6.41. The predicted octanol–water partition coefficient (Wildman–Crippen LogP) is 5.71. The van der Waals surface area contributed by atoms with Crippen LogP contribution in [0, 0.1) is 13.8 Å². The Bertz CT molecular complexity index is 1300. The lowest BCUT2D eigenvalue weighted by Crippen LogP contribution is -2.43. The fourth-order valence-corrected chi connectivity index (χ4v) is 4.31. The third-order valence-electron chi connectivity index (χ3n) is 6.24. The van der Waals surface area contributed by atoms with Gasteiger partial charge in [-0.25, -0.2) is 0 Å². The summed E-state index contributed by atoms with van der Waals surface area (Å²) in [4.78, 5) is 26.1. The van der Waals surface area contributed by atoms with Crippen molar-refractivity contribution in [1.29, 1.82) is 0 Å². The Balaban J connectivity index is 1.62. The van der Waals surface area contributed by atoms with Crippen LogP contribution < -0.4 is 15.4 Å². The molecule has 0 unspecified atom stereocenters. The number of hydrogen-bond donors (Lipinski definition) is 2. The van der Waals surface area contributed by atoms with Crippen molar-refractivity contribution in [1.82, 2.24) is 5.32 Å². The Hall–Kier alpha value is -3.86. The maximum absolute atomic E-state index is 13.2. The van der Waals surface area contributed by atoms with Crippen molar-refractivity contribution in [2.75, 3.05) is 12.4 Å². The third-order valence-corrected chi connectivity index (χ3v) is 6.24. The molecule has 5 nitrogen and oxygen atoms in total. The first-order valence-corrected chi connectivity index (χ1v) is 11.4. The standard InChI is InChI=1S/C29H30N2O3/c1-18-8-6-11-24(19(18)2)28(33)30-22-10-7-9-20(14-22)27(32)16-26-25-15-23(34-5)13-12-21(25)17-29(3,4)31-26/h6-16,31H,17H2,1-5H3,(H,30,33). The largest absolute Gasteiger partial charge is 0.497 e. The highest BCUT2D eigenvalue weighted by Gasteiger charge is 2.28. The van der Waals surface area contributed by atoms with E-state index in [0.29, 0.717) is 16.8 Å². The molecule has 1 aliphatic rings. The molecule has 0 aliphatic carbocycles. The third kappa shape index (κ3) is 4.88. The molecule has 0 aromatic heterocycles. The molecule has 1 aliphatic heterocycles. The van der Waals surface area contributed by atoms with Crippen LogP contribution in [-0.4, -0.2) is 24.3 Å². The second-order valence-corrected chi connectivity index (χ2v) is 9.41. The van der Waals surface area contributed by atoms with Crippen LogP contribution in [0.2, 0.25) is 0 Å². The van der Waals surface area contributed by atoms with Crippen LogP contribution in [0.1, 0.15) is 56.8 Å². The van der Waals surface area contributed by atoms with Crippen LogP contribution in [0.4, 0.5) is 5.69 Å². The molecule has 1 amide bonds. The summed E-state index contributed by atoms with van der Waals surface area (Å²) < 4.78 is 5.39. The number of anilines is 1. The first-order valence-electron chi connectivity index (χ1n) is 11.4. The van der Waals surface area contributed by atoms with E-state index in [2.05, 4.69) is 30.5 Å². The van der Waals surface area contributed by atoms with E-state index in [1.54, 1.807) is 43.5 Å². The number of hydrogen-bond acceptors (Lipinski definition) is 4. The SMILES string of the molecule is COc1ccc2c(c1)C(=CC(=O)c1cccc(NC(=O)c3cccc(C)c3C)c1)NC(C)(C)C2. The topological polar surface area (TPSA) is 67.4 Å². The lowest BCUT2D eigenvalue weighted by molar-refractivity contribution is 0.102. The smallest absolute Gasteiger partial charge is 0.255 e. The summed E-state index contributed by atoms with van der Waals surface area (Å²) in [6, 6.07) is 18.6. The Morgan fingerprint density at radius 1 is 1.03 bits per heavy atom. The van der Waals surface area contributed by atoms with E-state index in [0.717, 1.165) is 40.1 Å². The van der Waals surface area contributed by atoms with Gasteiger partial charge in [0, 0.05) is 39.7 Å². The van der Waals surface area contributed by atoms with E-state index in [1.807, 2.05) is 38.1 Å². The van der Waals surface area contributed by atoms with Crippen LogP contribution in [0.3, 0.4) is 0 Å². The maximum Gasteiger partial charge on any atom is 0.255 e. The van der Waals surface area contributed by atoms with Crippen LogP contribution >= 0.6 is 0 Å². The fourth-order valence-electron chi connectivity index (χ4n) is 4.31. The minimum Gasteiger partial charge on any atom is -0.497 e. The molecule has 2 N–H and O–H groups in total. The van der Waals surface area contributed by atoms with Crippen molar-refractivity contribution in [2.45, 2.75) is 39.7 Å². The Kier molecular flexibility index (Phi) is 6.29. The van der Waals surface area contributed by atoms with E-state index >= 15 is 0 Å². The molecule has 3 aromatic carbocycles. The second kappa shape index (κ2) is 9.18. The molecule has 0 saturated carbocycles. The van der Waals surface area contributed by atoms with Crippen LogP contribution in [-0.2, 0) is 6.42 Å². The number of carbonyl (C=O) groups excluding carboxylic acids is 2. The molecule has 4 rings (SSSR count). The summed E-state index contributed by atoms with van der Waals surface area (Å²) in [7, 11) is 1.63. The lowest BCUT2D eigenvalue weighted by Gasteiger charge is -2.35. The highest BCUT2D eigenvalue weighted by Crippen LogP contribution is 2.32. The number of nitrogens with one attached hydrogen (secondary N) is 2. The number of benzene rings is 3. The fraction of sp³-hybridized carbons (Fsp3) is 0.241. The highest BCUT2D eigenvalue weighted by atomic mass is 16.5. The Morgan fingerprint density at radius 3 is 2.56 bits per heavy atom. The summed E-state index contributed by atoms with van der Waals surface area (Å²) in [6.07, 6.45) is 2.47. The van der Waals surface area contributed by atoms with Crippen molar-refractivity contribution in [3.05, 3.63) is 100 Å². The molecule has 0 bridgehead atoms. The monoisotopic (exact) mass is 454 g/mol. The van der Waals surface area contributed by atoms with E-state index in [-0.39, 0.29) is 17.2 Å². The van der Waals surface area contributed by atoms with E-state index in [1.165, 1.54) is 0 Å². The summed E-state index contributed by atoms with van der Waals surface area (Å²) in [5, 5.41) is 6.42. The van der Waals surface area contributed by atoms with E-state index < -0.39 is 0 Å². The summed E-state index contributed by atoms with van der Waals surface area (Å²) in [6.45, 7) is 8.14. The van der Waals surface area contributed by atoms with Gasteiger partial charge in [-0.15, -0.1) is 0 Å². The van der Waals surface area contributed by atoms with Gasteiger partial charge in [-0.05, 0) is 81.1 Å². The van der Waals surface area contributed by atoms with Crippen molar-refractivity contribution in [3.63, 3.8) is 0 Å². The van der Waals surface area contributed by atoms with Gasteiger partial charge in [0.1, 0.15) is 5.75 Å². The van der Waals surface area contributed by atoms with Gasteiger partial charge in [-0.2, -0.15) is 0 Å². The first-order chi connectivity index (χ1) is 16.2.